The molecule has 0 aliphatic heterocycles. The van der Waals surface area contributed by atoms with Gasteiger partial charge in [-0.2, -0.15) is 12.6 Å². The Bertz CT molecular complexity index is 866. The first-order valence-electron chi connectivity index (χ1n) is 9.65. The zero-order valence-electron chi connectivity index (χ0n) is 17.4. The lowest BCUT2D eigenvalue weighted by Gasteiger charge is -2.23. The summed E-state index contributed by atoms with van der Waals surface area (Å²) in [4.78, 5) is 59.6. The maximum atomic E-state index is 12.6. The first-order chi connectivity index (χ1) is 15.5. The van der Waals surface area contributed by atoms with Crippen LogP contribution in [0.5, 0.6) is 5.75 Å². The molecule has 1 rings (SSSR count). The van der Waals surface area contributed by atoms with E-state index in [0.717, 1.165) is 0 Å². The standard InChI is InChI=1S/C19H27N5O8S/c20-11(5-9-1-3-10(26)4-2-9)16(28)22-12(6-15(21)27)17(29)23-13(7-25)18(30)24-14(8-33)19(31)32/h1-4,11-14,25-26,33H,5-8,20H2,(H2,21,27)(H,22,28)(H,23,29)(H,24,30)(H,31,32). The molecule has 33 heavy (non-hydrogen) atoms. The fourth-order valence-electron chi connectivity index (χ4n) is 2.59. The molecule has 0 heterocycles. The van der Waals surface area contributed by atoms with Gasteiger partial charge in [-0.3, -0.25) is 19.2 Å². The maximum Gasteiger partial charge on any atom is 0.327 e. The highest BCUT2D eigenvalue weighted by Crippen LogP contribution is 2.11. The van der Waals surface area contributed by atoms with E-state index in [9.17, 15) is 34.2 Å². The summed E-state index contributed by atoms with van der Waals surface area (Å²) in [6.07, 6.45) is -0.573. The van der Waals surface area contributed by atoms with Crippen LogP contribution in [-0.2, 0) is 30.4 Å². The molecule has 182 valence electrons. The Morgan fingerprint density at radius 2 is 1.42 bits per heavy atom. The monoisotopic (exact) mass is 485 g/mol. The molecule has 13 nitrogen and oxygen atoms in total. The minimum atomic E-state index is -1.57. The molecule has 4 atom stereocenters. The molecule has 0 bridgehead atoms. The van der Waals surface area contributed by atoms with Gasteiger partial charge in [0.25, 0.3) is 0 Å². The maximum absolute atomic E-state index is 12.6. The summed E-state index contributed by atoms with van der Waals surface area (Å²) in [7, 11) is 0. The summed E-state index contributed by atoms with van der Waals surface area (Å²) in [5.41, 5.74) is 11.6. The predicted molar refractivity (Wildman–Crippen MR) is 118 cm³/mol. The van der Waals surface area contributed by atoms with Crippen LogP contribution in [0.1, 0.15) is 12.0 Å². The van der Waals surface area contributed by atoms with E-state index < -0.39 is 66.8 Å². The second-order valence-electron chi connectivity index (χ2n) is 7.03. The van der Waals surface area contributed by atoms with E-state index >= 15 is 0 Å². The molecule has 14 heteroatoms. The fraction of sp³-hybridized carbons (Fsp3) is 0.421. The predicted octanol–water partition coefficient (Wildman–Crippen LogP) is -3.40. The Hall–Kier alpha value is -3.36. The van der Waals surface area contributed by atoms with Gasteiger partial charge in [0.1, 0.15) is 23.9 Å². The van der Waals surface area contributed by atoms with Gasteiger partial charge in [0.05, 0.1) is 19.1 Å². The minimum Gasteiger partial charge on any atom is -0.508 e. The lowest BCUT2D eigenvalue weighted by molar-refractivity contribution is -0.142. The van der Waals surface area contributed by atoms with Crippen LogP contribution in [0.4, 0.5) is 0 Å². The van der Waals surface area contributed by atoms with Crippen molar-refractivity contribution in [3.8, 4) is 5.75 Å². The number of carbonyl (C=O) groups is 5. The van der Waals surface area contributed by atoms with E-state index in [4.69, 9.17) is 16.6 Å². The number of aliphatic carboxylic acids is 1. The number of nitrogens with two attached hydrogens (primary N) is 2. The van der Waals surface area contributed by atoms with Crippen LogP contribution in [0.3, 0.4) is 0 Å². The SMILES string of the molecule is NC(=O)CC(NC(=O)C(N)Cc1ccc(O)cc1)C(=O)NC(CO)C(=O)NC(CS)C(=O)O. The average molecular weight is 486 g/mol. The zero-order valence-corrected chi connectivity index (χ0v) is 18.3. The number of aliphatic hydroxyl groups is 1. The second-order valence-corrected chi connectivity index (χ2v) is 7.40. The van der Waals surface area contributed by atoms with E-state index in [1.54, 1.807) is 12.1 Å². The number of carboxylic acid groups (broad SMARTS) is 1. The molecule has 4 amide bonds. The van der Waals surface area contributed by atoms with Crippen molar-refractivity contribution in [3.63, 3.8) is 0 Å². The Morgan fingerprint density at radius 1 is 0.909 bits per heavy atom. The van der Waals surface area contributed by atoms with E-state index in [2.05, 4.69) is 28.6 Å². The summed E-state index contributed by atoms with van der Waals surface area (Å²) in [5, 5.41) is 34.2. The van der Waals surface area contributed by atoms with Crippen molar-refractivity contribution >= 4 is 42.2 Å². The van der Waals surface area contributed by atoms with Crippen LogP contribution >= 0.6 is 12.6 Å². The minimum absolute atomic E-state index is 0.0292. The van der Waals surface area contributed by atoms with Gasteiger partial charge in [-0.05, 0) is 24.1 Å². The van der Waals surface area contributed by atoms with Crippen molar-refractivity contribution in [1.29, 1.82) is 0 Å². The van der Waals surface area contributed by atoms with E-state index in [1.807, 2.05) is 0 Å². The van der Waals surface area contributed by atoms with Gasteiger partial charge in [0.15, 0.2) is 0 Å². The van der Waals surface area contributed by atoms with Crippen molar-refractivity contribution in [2.45, 2.75) is 37.0 Å². The van der Waals surface area contributed by atoms with Gasteiger partial charge >= 0.3 is 5.97 Å². The smallest absolute Gasteiger partial charge is 0.327 e. The summed E-state index contributed by atoms with van der Waals surface area (Å²) in [5.74, 6) is -5.35. The van der Waals surface area contributed by atoms with Crippen LogP contribution in [0.25, 0.3) is 0 Å². The van der Waals surface area contributed by atoms with Crippen LogP contribution in [-0.4, -0.2) is 81.4 Å². The highest BCUT2D eigenvalue weighted by molar-refractivity contribution is 7.80. The molecule has 10 N–H and O–H groups in total. The molecule has 0 aliphatic carbocycles. The number of carbonyl (C=O) groups excluding carboxylic acids is 4. The summed E-state index contributed by atoms with van der Waals surface area (Å²) in [6, 6.07) is 0.344. The van der Waals surface area contributed by atoms with E-state index in [0.29, 0.717) is 5.56 Å². The highest BCUT2D eigenvalue weighted by Gasteiger charge is 2.30. The number of nitrogens with one attached hydrogen (secondary N) is 3. The molecule has 0 aromatic heterocycles. The number of phenols is 1. The third-order valence-corrected chi connectivity index (χ3v) is 4.74. The molecule has 0 radical (unpaired) electrons. The molecule has 0 saturated heterocycles. The summed E-state index contributed by atoms with van der Waals surface area (Å²) in [6.45, 7) is -0.895. The first-order valence-corrected chi connectivity index (χ1v) is 10.3. The largest absolute Gasteiger partial charge is 0.508 e. The Balaban J connectivity index is 2.84. The number of phenolic OH excluding ortho intramolecular Hbond substituents is 1. The Labute approximate surface area is 194 Å². The second kappa shape index (κ2) is 13.2. The van der Waals surface area contributed by atoms with Crippen molar-refractivity contribution in [1.82, 2.24) is 16.0 Å². The van der Waals surface area contributed by atoms with Crippen molar-refractivity contribution in [2.24, 2.45) is 11.5 Å². The first kappa shape index (κ1) is 27.7. The number of thiol groups is 1. The van der Waals surface area contributed by atoms with Crippen molar-refractivity contribution in [2.75, 3.05) is 12.4 Å². The van der Waals surface area contributed by atoms with Crippen LogP contribution < -0.4 is 27.4 Å². The number of carboxylic acids is 1. The van der Waals surface area contributed by atoms with Crippen LogP contribution in [0.2, 0.25) is 0 Å². The number of hydrogen-bond acceptors (Lipinski definition) is 9. The Kier molecular flexibility index (Phi) is 11.1. The topological polar surface area (TPSA) is 234 Å². The van der Waals surface area contributed by atoms with Gasteiger partial charge in [0, 0.05) is 5.75 Å². The fourth-order valence-corrected chi connectivity index (χ4v) is 2.84. The van der Waals surface area contributed by atoms with Crippen molar-refractivity contribution < 1.29 is 39.3 Å². The molecule has 1 aromatic rings. The normalized spacial score (nSPS) is 14.3. The lowest BCUT2D eigenvalue weighted by Crippen LogP contribution is -2.59. The zero-order chi connectivity index (χ0) is 25.1. The molecule has 0 aliphatic rings. The average Bonchev–Trinajstić information content (AvgIpc) is 2.75. The third kappa shape index (κ3) is 9.34. The number of benzene rings is 1. The number of hydrogen-bond donors (Lipinski definition) is 9. The summed E-state index contributed by atoms with van der Waals surface area (Å²) >= 11 is 3.80. The molecular weight excluding hydrogens is 458 g/mol. The number of aromatic hydroxyl groups is 1. The third-order valence-electron chi connectivity index (χ3n) is 4.38. The van der Waals surface area contributed by atoms with Gasteiger partial charge in [-0.25, -0.2) is 4.79 Å². The van der Waals surface area contributed by atoms with Gasteiger partial charge in [-0.15, -0.1) is 0 Å². The van der Waals surface area contributed by atoms with E-state index in [-0.39, 0.29) is 17.9 Å². The number of rotatable bonds is 13. The molecule has 0 saturated carbocycles. The van der Waals surface area contributed by atoms with Gasteiger partial charge in [0.2, 0.25) is 23.6 Å². The van der Waals surface area contributed by atoms with Crippen LogP contribution in [0, 0.1) is 0 Å². The number of primary amides is 1. The highest BCUT2D eigenvalue weighted by atomic mass is 32.1. The molecule has 4 unspecified atom stereocenters. The molecule has 0 spiro atoms. The lowest BCUT2D eigenvalue weighted by atomic mass is 10.0. The van der Waals surface area contributed by atoms with Crippen LogP contribution in [0.15, 0.2) is 24.3 Å². The summed E-state index contributed by atoms with van der Waals surface area (Å²) < 4.78 is 0. The molecular formula is C19H27N5O8S. The molecule has 1 aromatic carbocycles. The van der Waals surface area contributed by atoms with Gasteiger partial charge < -0.3 is 42.7 Å². The Morgan fingerprint density at radius 3 is 1.91 bits per heavy atom. The number of amides is 4. The number of aliphatic hydroxyl groups excluding tert-OH is 1. The van der Waals surface area contributed by atoms with Crippen molar-refractivity contribution in [3.05, 3.63) is 29.8 Å². The van der Waals surface area contributed by atoms with E-state index in [1.165, 1.54) is 12.1 Å². The van der Waals surface area contributed by atoms with Gasteiger partial charge in [-0.1, -0.05) is 12.1 Å². The quantitative estimate of drug-likeness (QED) is 0.126. The molecule has 0 fully saturated rings.